The maximum atomic E-state index is 13.7. The number of imidazole rings is 1. The zero-order valence-corrected chi connectivity index (χ0v) is 31.8. The number of nitrogens with zero attached hydrogens (tertiary/aromatic N) is 3. The second-order valence-corrected chi connectivity index (χ2v) is 14.5. The van der Waals surface area contributed by atoms with Gasteiger partial charge in [-0.1, -0.05) is 45.4 Å². The molecule has 9 nitrogen and oxygen atoms in total. The molecule has 1 aliphatic rings. The highest BCUT2D eigenvalue weighted by atomic mass is 32.2. The van der Waals surface area contributed by atoms with Gasteiger partial charge in [-0.15, -0.1) is 11.8 Å². The van der Waals surface area contributed by atoms with E-state index in [-0.39, 0.29) is 11.8 Å². The molecule has 1 aromatic heterocycles. The smallest absolute Gasteiger partial charge is 0.251 e. The molecule has 0 bridgehead atoms. The monoisotopic (exact) mass is 723 g/mol. The highest BCUT2D eigenvalue weighted by molar-refractivity contribution is 7.98. The van der Waals surface area contributed by atoms with Crippen molar-refractivity contribution in [2.24, 2.45) is 5.92 Å². The van der Waals surface area contributed by atoms with Crippen LogP contribution < -0.4 is 20.3 Å². The number of benzene rings is 3. The first kappa shape index (κ1) is 38.7. The quantitative estimate of drug-likeness (QED) is 0.0741. The van der Waals surface area contributed by atoms with Gasteiger partial charge in [0, 0.05) is 73.9 Å². The Hall–Kier alpha value is -4.54. The van der Waals surface area contributed by atoms with E-state index in [4.69, 9.17) is 9.47 Å². The molecule has 0 fully saturated rings. The number of carbonyl (C=O) groups is 2. The number of thioether (sulfide) groups is 1. The van der Waals surface area contributed by atoms with Gasteiger partial charge in [-0.05, 0) is 96.5 Å². The SMILES string of the molecule is CCCCOCCOc1ccc(-c2ccc3c(c2)C=C(C(=O)Nc2ccc(SCc4nccn4CCCC(=O)NC)cc2)CCN3CC(C)C)cc1. The van der Waals surface area contributed by atoms with E-state index in [1.165, 1.54) is 0 Å². The Morgan fingerprint density at radius 2 is 1.75 bits per heavy atom. The van der Waals surface area contributed by atoms with Crippen LogP contribution in [-0.2, 0) is 26.6 Å². The third-order valence-corrected chi connectivity index (χ3v) is 9.92. The topological polar surface area (TPSA) is 97.7 Å². The number of aromatic nitrogens is 2. The molecular formula is C42H53N5O4S. The third-order valence-electron chi connectivity index (χ3n) is 8.92. The van der Waals surface area contributed by atoms with Crippen LogP contribution in [-0.4, -0.2) is 61.3 Å². The summed E-state index contributed by atoms with van der Waals surface area (Å²) in [6.45, 7) is 10.9. The fourth-order valence-corrected chi connectivity index (χ4v) is 6.97. The van der Waals surface area contributed by atoms with Gasteiger partial charge in [0.25, 0.3) is 5.91 Å². The number of ether oxygens (including phenoxy) is 2. The molecule has 10 heteroatoms. The summed E-state index contributed by atoms with van der Waals surface area (Å²) in [5, 5.41) is 5.81. The maximum Gasteiger partial charge on any atom is 0.251 e. The van der Waals surface area contributed by atoms with Gasteiger partial charge in [0.05, 0.1) is 12.4 Å². The number of aryl methyl sites for hydroxylation is 1. The normalized spacial score (nSPS) is 12.6. The Morgan fingerprint density at radius 1 is 0.962 bits per heavy atom. The van der Waals surface area contributed by atoms with Crippen LogP contribution in [0.15, 0.2) is 89.6 Å². The molecule has 0 saturated carbocycles. The van der Waals surface area contributed by atoms with E-state index in [0.29, 0.717) is 37.7 Å². The standard InChI is InChI=1S/C42H53N5O4S/c1-5-6-24-50-25-26-51-37-14-9-32(10-15-37)33-11-18-39-35(27-33)28-34(19-22-47(39)29-31(2)3)42(49)45-36-12-16-38(17-13-36)52-30-40-44-20-23-46(40)21-7-8-41(48)43-4/h9-18,20,23,27-28,31H,5-8,19,21-22,24-26,29-30H2,1-4H3,(H,43,48)(H,45,49). The van der Waals surface area contributed by atoms with E-state index in [1.54, 1.807) is 25.0 Å². The lowest BCUT2D eigenvalue weighted by Crippen LogP contribution is -2.29. The first-order chi connectivity index (χ1) is 25.3. The zero-order valence-electron chi connectivity index (χ0n) is 31.0. The molecule has 0 saturated heterocycles. The number of amides is 2. The van der Waals surface area contributed by atoms with Crippen molar-refractivity contribution in [3.05, 3.63) is 96.1 Å². The summed E-state index contributed by atoms with van der Waals surface area (Å²) < 4.78 is 13.6. The Kier molecular flexibility index (Phi) is 14.8. The van der Waals surface area contributed by atoms with E-state index >= 15 is 0 Å². The molecule has 2 amide bonds. The first-order valence-electron chi connectivity index (χ1n) is 18.5. The predicted molar refractivity (Wildman–Crippen MR) is 213 cm³/mol. The molecule has 4 aromatic rings. The van der Waals surface area contributed by atoms with Gasteiger partial charge in [-0.3, -0.25) is 9.59 Å². The Labute approximate surface area is 313 Å². The molecule has 3 aromatic carbocycles. The Balaban J connectivity index is 1.22. The molecule has 0 atom stereocenters. The van der Waals surface area contributed by atoms with Crippen molar-refractivity contribution in [2.45, 2.75) is 70.1 Å². The van der Waals surface area contributed by atoms with Crippen LogP contribution in [0.2, 0.25) is 0 Å². The molecule has 0 aliphatic carbocycles. The van der Waals surface area contributed by atoms with Crippen molar-refractivity contribution in [2.75, 3.05) is 50.2 Å². The lowest BCUT2D eigenvalue weighted by molar-refractivity contribution is -0.120. The highest BCUT2D eigenvalue weighted by Crippen LogP contribution is 2.34. The Morgan fingerprint density at radius 3 is 2.50 bits per heavy atom. The lowest BCUT2D eigenvalue weighted by atomic mass is 10.00. The molecule has 5 rings (SSSR count). The number of fused-ring (bicyclic) bond motifs is 1. The van der Waals surface area contributed by atoms with E-state index < -0.39 is 0 Å². The Bertz CT molecular complexity index is 1770. The van der Waals surface area contributed by atoms with Crippen LogP contribution in [0.1, 0.15) is 64.3 Å². The van der Waals surface area contributed by atoms with Crippen LogP contribution in [0.4, 0.5) is 11.4 Å². The molecule has 1 aliphatic heterocycles. The summed E-state index contributed by atoms with van der Waals surface area (Å²) in [6, 6.07) is 22.7. The van der Waals surface area contributed by atoms with Gasteiger partial charge in [0.1, 0.15) is 18.2 Å². The number of anilines is 2. The van der Waals surface area contributed by atoms with Crippen LogP contribution in [0, 0.1) is 5.92 Å². The molecule has 0 unspecified atom stereocenters. The number of hydrogen-bond donors (Lipinski definition) is 2. The number of rotatable bonds is 19. The van der Waals surface area contributed by atoms with E-state index in [1.807, 2.05) is 42.6 Å². The van der Waals surface area contributed by atoms with Gasteiger partial charge < -0.3 is 29.6 Å². The second-order valence-electron chi connectivity index (χ2n) is 13.5. The summed E-state index contributed by atoms with van der Waals surface area (Å²) in [6.07, 6.45) is 9.94. The van der Waals surface area contributed by atoms with Gasteiger partial charge in [-0.2, -0.15) is 0 Å². The maximum absolute atomic E-state index is 13.7. The molecule has 2 heterocycles. The van der Waals surface area contributed by atoms with Crippen molar-refractivity contribution >= 4 is 41.0 Å². The zero-order chi connectivity index (χ0) is 36.7. The lowest BCUT2D eigenvalue weighted by Gasteiger charge is -2.27. The number of hydrogen-bond acceptors (Lipinski definition) is 7. The molecule has 52 heavy (non-hydrogen) atoms. The average Bonchev–Trinajstić information content (AvgIpc) is 3.52. The fourth-order valence-electron chi connectivity index (χ4n) is 6.11. The van der Waals surface area contributed by atoms with Crippen molar-refractivity contribution in [3.63, 3.8) is 0 Å². The predicted octanol–water partition coefficient (Wildman–Crippen LogP) is 8.45. The minimum atomic E-state index is -0.0814. The molecule has 2 N–H and O–H groups in total. The number of nitrogens with one attached hydrogen (secondary N) is 2. The first-order valence-corrected chi connectivity index (χ1v) is 19.5. The van der Waals surface area contributed by atoms with Crippen LogP contribution >= 0.6 is 11.8 Å². The molecule has 276 valence electrons. The van der Waals surface area contributed by atoms with Crippen molar-refractivity contribution in [1.82, 2.24) is 14.9 Å². The van der Waals surface area contributed by atoms with Gasteiger partial charge >= 0.3 is 0 Å². The number of carbonyl (C=O) groups excluding carboxylic acids is 2. The minimum Gasteiger partial charge on any atom is -0.491 e. The summed E-state index contributed by atoms with van der Waals surface area (Å²) >= 11 is 1.69. The summed E-state index contributed by atoms with van der Waals surface area (Å²) in [4.78, 5) is 33.3. The van der Waals surface area contributed by atoms with Crippen LogP contribution in [0.3, 0.4) is 0 Å². The van der Waals surface area contributed by atoms with Crippen LogP contribution in [0.5, 0.6) is 5.75 Å². The summed E-state index contributed by atoms with van der Waals surface area (Å²) in [7, 11) is 1.66. The van der Waals surface area contributed by atoms with Crippen LogP contribution in [0.25, 0.3) is 17.2 Å². The van der Waals surface area contributed by atoms with E-state index in [9.17, 15) is 9.59 Å². The average molecular weight is 724 g/mol. The van der Waals surface area contributed by atoms with Crippen molar-refractivity contribution in [3.8, 4) is 16.9 Å². The largest absolute Gasteiger partial charge is 0.491 e. The second kappa shape index (κ2) is 19.9. The molecular weight excluding hydrogens is 671 g/mol. The highest BCUT2D eigenvalue weighted by Gasteiger charge is 2.21. The van der Waals surface area contributed by atoms with Crippen molar-refractivity contribution < 1.29 is 19.1 Å². The van der Waals surface area contributed by atoms with E-state index in [2.05, 4.69) is 82.3 Å². The van der Waals surface area contributed by atoms with Gasteiger partial charge in [0.2, 0.25) is 5.91 Å². The minimum absolute atomic E-state index is 0.0500. The molecule has 0 spiro atoms. The molecule has 0 radical (unpaired) electrons. The summed E-state index contributed by atoms with van der Waals surface area (Å²) in [5.41, 5.74) is 5.90. The number of unbranched alkanes of at least 4 members (excludes halogenated alkanes) is 1. The third kappa shape index (κ3) is 11.5. The summed E-state index contributed by atoms with van der Waals surface area (Å²) in [5.74, 6) is 2.96. The van der Waals surface area contributed by atoms with Crippen molar-refractivity contribution in [1.29, 1.82) is 0 Å². The van der Waals surface area contributed by atoms with Gasteiger partial charge in [0.15, 0.2) is 0 Å². The fraction of sp³-hybridized carbons (Fsp3) is 0.405. The van der Waals surface area contributed by atoms with E-state index in [0.717, 1.165) is 95.6 Å². The van der Waals surface area contributed by atoms with Gasteiger partial charge in [-0.25, -0.2) is 4.98 Å².